The summed E-state index contributed by atoms with van der Waals surface area (Å²) in [5, 5.41) is 12.7. The molecule has 0 amide bonds. The Labute approximate surface area is 153 Å². The molecule has 0 spiro atoms. The second kappa shape index (κ2) is 6.73. The summed E-state index contributed by atoms with van der Waals surface area (Å²) >= 11 is 0. The molecule has 3 rings (SSSR count). The van der Waals surface area contributed by atoms with Crippen LogP contribution < -0.4 is 16.2 Å². The molecule has 144 valence electrons. The zero-order valence-electron chi connectivity index (χ0n) is 15.0. The Morgan fingerprint density at radius 3 is 2.33 bits per heavy atom. The fraction of sp³-hybridized carbons (Fsp3) is 0.333. The van der Waals surface area contributed by atoms with Crippen LogP contribution in [-0.2, 0) is 0 Å². The Morgan fingerprint density at radius 1 is 1.07 bits per heavy atom. The maximum atomic E-state index is 13.4. The smallest absolute Gasteiger partial charge is 0.338 e. The van der Waals surface area contributed by atoms with E-state index in [4.69, 9.17) is 0 Å². The van der Waals surface area contributed by atoms with Crippen LogP contribution in [0, 0.1) is 0 Å². The van der Waals surface area contributed by atoms with Gasteiger partial charge in [0.25, 0.3) is 5.56 Å². The second-order valence-corrected chi connectivity index (χ2v) is 7.28. The van der Waals surface area contributed by atoms with Gasteiger partial charge in [-0.05, 0) is 44.5 Å². The van der Waals surface area contributed by atoms with Gasteiger partial charge < -0.3 is 10.3 Å². The van der Waals surface area contributed by atoms with E-state index in [9.17, 15) is 18.0 Å². The lowest BCUT2D eigenvalue weighted by Gasteiger charge is -2.30. The molecular formula is C18H20F3N5O. The summed E-state index contributed by atoms with van der Waals surface area (Å²) in [5.41, 5.74) is 0.169. The minimum absolute atomic E-state index is 0.104. The van der Waals surface area contributed by atoms with Crippen molar-refractivity contribution >= 4 is 22.4 Å². The van der Waals surface area contributed by atoms with E-state index in [0.29, 0.717) is 22.4 Å². The molecule has 0 aliphatic heterocycles. The van der Waals surface area contributed by atoms with E-state index in [1.165, 1.54) is 30.5 Å². The molecule has 9 heteroatoms. The number of aromatic nitrogens is 3. The van der Waals surface area contributed by atoms with E-state index in [1.54, 1.807) is 26.8 Å². The average molecular weight is 379 g/mol. The fourth-order valence-electron chi connectivity index (χ4n) is 2.75. The molecule has 1 atom stereocenters. The number of aromatic amines is 2. The first kappa shape index (κ1) is 19.0. The van der Waals surface area contributed by atoms with Crippen LogP contribution in [0.4, 0.5) is 24.7 Å². The molecule has 0 saturated heterocycles. The van der Waals surface area contributed by atoms with Crippen molar-refractivity contribution < 1.29 is 13.2 Å². The number of benzene rings is 1. The van der Waals surface area contributed by atoms with Gasteiger partial charge in [0.05, 0.1) is 5.52 Å². The minimum Gasteiger partial charge on any atom is -0.338 e. The highest BCUT2D eigenvalue weighted by atomic mass is 19.4. The maximum Gasteiger partial charge on any atom is 0.407 e. The number of pyridine rings is 1. The zero-order valence-corrected chi connectivity index (χ0v) is 15.0. The van der Waals surface area contributed by atoms with Crippen molar-refractivity contribution in [3.05, 3.63) is 52.4 Å². The van der Waals surface area contributed by atoms with Gasteiger partial charge in [0.2, 0.25) is 0 Å². The number of H-pyrrole nitrogens is 2. The predicted molar refractivity (Wildman–Crippen MR) is 98.1 cm³/mol. The van der Waals surface area contributed by atoms with Crippen LogP contribution in [0.5, 0.6) is 0 Å². The molecule has 2 heterocycles. The van der Waals surface area contributed by atoms with E-state index in [-0.39, 0.29) is 11.1 Å². The Kier molecular flexibility index (Phi) is 4.73. The monoisotopic (exact) mass is 379 g/mol. The molecule has 27 heavy (non-hydrogen) atoms. The number of alkyl halides is 3. The molecule has 6 nitrogen and oxygen atoms in total. The molecule has 0 aliphatic carbocycles. The molecule has 4 N–H and O–H groups in total. The number of rotatable bonds is 4. The van der Waals surface area contributed by atoms with E-state index < -0.39 is 17.8 Å². The summed E-state index contributed by atoms with van der Waals surface area (Å²) in [6.07, 6.45) is -2.92. The summed E-state index contributed by atoms with van der Waals surface area (Å²) in [7, 11) is 0. The van der Waals surface area contributed by atoms with Crippen LogP contribution in [0.3, 0.4) is 0 Å². The van der Waals surface area contributed by atoms with Gasteiger partial charge in [-0.25, -0.2) is 0 Å². The normalized spacial score (nSPS) is 13.7. The number of halogens is 3. The number of hydrogen-bond donors (Lipinski definition) is 4. The van der Waals surface area contributed by atoms with Gasteiger partial charge in [0, 0.05) is 17.4 Å². The largest absolute Gasteiger partial charge is 0.407 e. The van der Waals surface area contributed by atoms with Crippen LogP contribution in [0.15, 0.2) is 41.3 Å². The Morgan fingerprint density at radius 2 is 1.74 bits per heavy atom. The summed E-state index contributed by atoms with van der Waals surface area (Å²) in [5.74, 6) is 0.305. The van der Waals surface area contributed by atoms with Crippen LogP contribution in [0.2, 0.25) is 0 Å². The molecule has 1 aromatic carbocycles. The lowest BCUT2D eigenvalue weighted by Crippen LogP contribution is -2.45. The lowest BCUT2D eigenvalue weighted by molar-refractivity contribution is -0.161. The third kappa shape index (κ3) is 4.30. The lowest BCUT2D eigenvalue weighted by atomic mass is 10.0. The Hall–Kier alpha value is -2.81. The van der Waals surface area contributed by atoms with Crippen molar-refractivity contribution in [1.29, 1.82) is 0 Å². The molecule has 0 bridgehead atoms. The summed E-state index contributed by atoms with van der Waals surface area (Å²) in [6, 6.07) is 5.74. The van der Waals surface area contributed by atoms with E-state index in [0.717, 1.165) is 0 Å². The topological polar surface area (TPSA) is 85.6 Å². The minimum atomic E-state index is -4.42. The van der Waals surface area contributed by atoms with Gasteiger partial charge in [-0.1, -0.05) is 12.1 Å². The van der Waals surface area contributed by atoms with Crippen LogP contribution in [-0.4, -0.2) is 26.9 Å². The number of hydrogen-bond acceptors (Lipinski definition) is 4. The van der Waals surface area contributed by atoms with E-state index in [1.807, 2.05) is 0 Å². The molecular weight excluding hydrogens is 359 g/mol. The Bertz CT molecular complexity index is 983. The fourth-order valence-corrected chi connectivity index (χ4v) is 2.75. The van der Waals surface area contributed by atoms with Crippen LogP contribution in [0.1, 0.15) is 32.4 Å². The number of nitrogens with zero attached hydrogens (tertiary/aromatic N) is 1. The van der Waals surface area contributed by atoms with Crippen molar-refractivity contribution in [1.82, 2.24) is 20.5 Å². The molecule has 3 aromatic rings. The van der Waals surface area contributed by atoms with Crippen molar-refractivity contribution in [2.24, 2.45) is 0 Å². The van der Waals surface area contributed by atoms with Crippen molar-refractivity contribution in [3.8, 4) is 0 Å². The first-order valence-corrected chi connectivity index (χ1v) is 8.32. The summed E-state index contributed by atoms with van der Waals surface area (Å²) in [4.78, 5) is 14.5. The number of nitrogens with one attached hydrogen (secondary N) is 4. The predicted octanol–water partition coefficient (Wildman–Crippen LogP) is 3.99. The molecule has 0 saturated carbocycles. The third-order valence-electron chi connectivity index (χ3n) is 3.90. The third-order valence-corrected chi connectivity index (χ3v) is 3.90. The van der Waals surface area contributed by atoms with E-state index in [2.05, 4.69) is 25.8 Å². The molecule has 2 aromatic heterocycles. The highest BCUT2D eigenvalue weighted by Crippen LogP contribution is 2.35. The van der Waals surface area contributed by atoms with Crippen molar-refractivity contribution in [2.75, 3.05) is 5.32 Å². The van der Waals surface area contributed by atoms with Crippen molar-refractivity contribution in [2.45, 2.75) is 38.5 Å². The molecule has 0 fully saturated rings. The van der Waals surface area contributed by atoms with Gasteiger partial charge in [-0.2, -0.15) is 18.3 Å². The molecule has 1 unspecified atom stereocenters. The number of fused-ring (bicyclic) bond motifs is 1. The van der Waals surface area contributed by atoms with Gasteiger partial charge in [0.15, 0.2) is 5.82 Å². The average Bonchev–Trinajstić information content (AvgIpc) is 2.96. The van der Waals surface area contributed by atoms with Gasteiger partial charge in [-0.3, -0.25) is 15.2 Å². The number of anilines is 2. The van der Waals surface area contributed by atoms with Crippen LogP contribution in [0.25, 0.3) is 10.9 Å². The standard InChI is InChI=1S/C18H20F3N5O/c1-17(2,3)24-14(18(19,20)21)10-4-6-11(7-5-10)23-15-13-12(25-26-15)8-9-22-16(13)27/h4-9,14,24H,1-3H3,(H,22,27)(H2,23,25,26). The van der Waals surface area contributed by atoms with E-state index >= 15 is 0 Å². The first-order valence-electron chi connectivity index (χ1n) is 8.32. The molecule has 0 aliphatic rings. The summed E-state index contributed by atoms with van der Waals surface area (Å²) < 4.78 is 40.3. The SMILES string of the molecule is CC(C)(C)NC(c1ccc(Nc2n[nH]c3cc[nH]c(=O)c23)cc1)C(F)(F)F. The van der Waals surface area contributed by atoms with Crippen LogP contribution >= 0.6 is 0 Å². The molecule has 0 radical (unpaired) electrons. The second-order valence-electron chi connectivity index (χ2n) is 7.28. The maximum absolute atomic E-state index is 13.4. The summed E-state index contributed by atoms with van der Waals surface area (Å²) in [6.45, 7) is 5.05. The zero-order chi connectivity index (χ0) is 19.8. The van der Waals surface area contributed by atoms with Gasteiger partial charge in [0.1, 0.15) is 11.4 Å². The van der Waals surface area contributed by atoms with Crippen molar-refractivity contribution in [3.63, 3.8) is 0 Å². The quantitative estimate of drug-likeness (QED) is 0.552. The first-order chi connectivity index (χ1) is 12.5. The van der Waals surface area contributed by atoms with Gasteiger partial charge >= 0.3 is 6.18 Å². The van der Waals surface area contributed by atoms with Gasteiger partial charge in [-0.15, -0.1) is 0 Å². The highest BCUT2D eigenvalue weighted by Gasteiger charge is 2.42. The highest BCUT2D eigenvalue weighted by molar-refractivity contribution is 5.90. The Balaban J connectivity index is 1.87.